The molecule has 0 atom stereocenters. The number of hydrogen-bond acceptors (Lipinski definition) is 6. The summed E-state index contributed by atoms with van der Waals surface area (Å²) in [6, 6.07) is 3.62. The molecule has 0 bridgehead atoms. The van der Waals surface area contributed by atoms with E-state index < -0.39 is 28.8 Å². The summed E-state index contributed by atoms with van der Waals surface area (Å²) in [6.07, 6.45) is 2.55. The predicted octanol–water partition coefficient (Wildman–Crippen LogP) is 2.78. The van der Waals surface area contributed by atoms with E-state index >= 15 is 0 Å². The van der Waals surface area contributed by atoms with Crippen LogP contribution in [0, 0.1) is 0 Å². The molecule has 2 aromatic rings. The van der Waals surface area contributed by atoms with Crippen LogP contribution in [0.25, 0.3) is 0 Å². The van der Waals surface area contributed by atoms with Gasteiger partial charge in [-0.25, -0.2) is 0 Å². The Morgan fingerprint density at radius 1 is 1.04 bits per heavy atom. The lowest BCUT2D eigenvalue weighted by Crippen LogP contribution is -2.20. The Hall–Kier alpha value is -3.02. The Morgan fingerprint density at radius 2 is 1.73 bits per heavy atom. The van der Waals surface area contributed by atoms with E-state index in [1.54, 1.807) is 0 Å². The summed E-state index contributed by atoms with van der Waals surface area (Å²) in [7, 11) is 0. The molecular weight excluding hydrogens is 336 g/mol. The molecule has 0 fully saturated rings. The quantitative estimate of drug-likeness (QED) is 0.478. The summed E-state index contributed by atoms with van der Waals surface area (Å²) in [5.41, 5.74) is 0.0217. The number of unbranched alkanes of at least 4 members (excludes halogenated alkanes) is 2. The lowest BCUT2D eigenvalue weighted by Gasteiger charge is -2.27. The minimum atomic E-state index is -0.801. The van der Waals surface area contributed by atoms with Crippen molar-refractivity contribution in [3.63, 3.8) is 0 Å². The highest BCUT2D eigenvalue weighted by atomic mass is 16.3. The van der Waals surface area contributed by atoms with Crippen molar-refractivity contribution in [3.8, 4) is 23.0 Å². The van der Waals surface area contributed by atoms with E-state index in [0.717, 1.165) is 18.9 Å². The zero-order valence-corrected chi connectivity index (χ0v) is 14.3. The summed E-state index contributed by atoms with van der Waals surface area (Å²) < 4.78 is 0. The van der Waals surface area contributed by atoms with Gasteiger partial charge in [0.05, 0.1) is 11.1 Å². The lowest BCUT2D eigenvalue weighted by atomic mass is 9.82. The largest absolute Gasteiger partial charge is 0.871 e. The number of benzene rings is 2. The second kappa shape index (κ2) is 6.71. The van der Waals surface area contributed by atoms with Gasteiger partial charge in [0.15, 0.2) is 11.6 Å². The van der Waals surface area contributed by atoms with Crippen LogP contribution in [0.4, 0.5) is 0 Å². The number of carbonyl (C=O) groups is 2. The molecule has 6 heteroatoms. The molecule has 26 heavy (non-hydrogen) atoms. The molecule has 1 aliphatic rings. The van der Waals surface area contributed by atoms with Crippen LogP contribution in [-0.4, -0.2) is 26.9 Å². The minimum absolute atomic E-state index is 0.0533. The first kappa shape index (κ1) is 17.8. The maximum atomic E-state index is 12.8. The summed E-state index contributed by atoms with van der Waals surface area (Å²) in [5.74, 6) is -3.05. The van der Waals surface area contributed by atoms with E-state index in [1.807, 2.05) is 6.92 Å². The fraction of sp³-hybridized carbons (Fsp3) is 0.300. The second-order valence-electron chi connectivity index (χ2n) is 6.52. The number of rotatable bonds is 5. The van der Waals surface area contributed by atoms with E-state index in [4.69, 9.17) is 0 Å². The van der Waals surface area contributed by atoms with E-state index in [2.05, 4.69) is 0 Å². The highest BCUT2D eigenvalue weighted by Gasteiger charge is 2.30. The van der Waals surface area contributed by atoms with Gasteiger partial charge in [0, 0.05) is 18.1 Å². The van der Waals surface area contributed by atoms with Crippen molar-refractivity contribution in [1.82, 2.24) is 0 Å². The Bertz CT molecular complexity index is 913. The van der Waals surface area contributed by atoms with Gasteiger partial charge in [-0.05, 0) is 36.1 Å². The molecule has 136 valence electrons. The monoisotopic (exact) mass is 355 g/mol. The summed E-state index contributed by atoms with van der Waals surface area (Å²) in [6.45, 7) is 1.99. The third kappa shape index (κ3) is 2.87. The third-order valence-corrected chi connectivity index (χ3v) is 4.65. The van der Waals surface area contributed by atoms with Crippen LogP contribution in [0.1, 0.15) is 70.0 Å². The number of aromatic hydroxyl groups is 3. The highest BCUT2D eigenvalue weighted by Crippen LogP contribution is 2.41. The first-order chi connectivity index (χ1) is 12.3. The first-order valence-electron chi connectivity index (χ1n) is 8.53. The molecule has 0 heterocycles. The van der Waals surface area contributed by atoms with Crippen molar-refractivity contribution < 1.29 is 30.0 Å². The van der Waals surface area contributed by atoms with Gasteiger partial charge >= 0.3 is 0 Å². The van der Waals surface area contributed by atoms with E-state index in [0.29, 0.717) is 12.0 Å². The van der Waals surface area contributed by atoms with Gasteiger partial charge in [-0.15, -0.1) is 0 Å². The molecule has 0 radical (unpaired) electrons. The van der Waals surface area contributed by atoms with Crippen LogP contribution in [0.2, 0.25) is 0 Å². The zero-order chi connectivity index (χ0) is 19.0. The smallest absolute Gasteiger partial charge is 0.196 e. The molecule has 0 spiro atoms. The van der Waals surface area contributed by atoms with Gasteiger partial charge in [0.25, 0.3) is 0 Å². The molecule has 3 N–H and O–H groups in total. The van der Waals surface area contributed by atoms with Crippen LogP contribution >= 0.6 is 0 Å². The standard InChI is InChI=1S/C20H20O6/c1-2-3-4-5-13(22)18-14(23)8-11-6-10-7-12(21)9-15(24)16(10)19(25)17(11)20(18)26/h7-9,21,23-24,26H,2-6H2,1H3/p-1. The Balaban J connectivity index is 2.08. The normalized spacial score (nSPS) is 12.6. The summed E-state index contributed by atoms with van der Waals surface area (Å²) in [4.78, 5) is 25.1. The summed E-state index contributed by atoms with van der Waals surface area (Å²) in [5, 5.41) is 42.6. The molecule has 0 amide bonds. The van der Waals surface area contributed by atoms with E-state index in [9.17, 15) is 30.0 Å². The van der Waals surface area contributed by atoms with Crippen LogP contribution in [-0.2, 0) is 6.42 Å². The molecule has 2 aromatic carbocycles. The van der Waals surface area contributed by atoms with Crippen molar-refractivity contribution in [1.29, 1.82) is 0 Å². The SMILES string of the molecule is CCCCCC(=O)c1c(O)cc2c(c1[O-])C(=O)c1c(O)cc(O)cc1C2. The second-order valence-corrected chi connectivity index (χ2v) is 6.52. The average molecular weight is 355 g/mol. The number of phenolic OH excluding ortho intramolecular Hbond substituents is 3. The van der Waals surface area contributed by atoms with Crippen molar-refractivity contribution in [2.24, 2.45) is 0 Å². The van der Waals surface area contributed by atoms with Crippen molar-refractivity contribution >= 4 is 11.6 Å². The van der Waals surface area contributed by atoms with Gasteiger partial charge < -0.3 is 20.4 Å². The Kier molecular flexibility index (Phi) is 4.59. The number of phenols is 3. The zero-order valence-electron chi connectivity index (χ0n) is 14.3. The van der Waals surface area contributed by atoms with Gasteiger partial charge in [-0.3, -0.25) is 9.59 Å². The van der Waals surface area contributed by atoms with Gasteiger partial charge in [0.2, 0.25) is 0 Å². The number of fused-ring (bicyclic) bond motifs is 2. The molecule has 6 nitrogen and oxygen atoms in total. The Labute approximate surface area is 150 Å². The van der Waals surface area contributed by atoms with Crippen molar-refractivity contribution in [3.05, 3.63) is 46.0 Å². The maximum absolute atomic E-state index is 12.8. The average Bonchev–Trinajstić information content (AvgIpc) is 2.53. The van der Waals surface area contributed by atoms with Crippen LogP contribution in [0.5, 0.6) is 23.0 Å². The number of ketones is 2. The molecule has 0 aliphatic heterocycles. The van der Waals surface area contributed by atoms with Crippen molar-refractivity contribution in [2.45, 2.75) is 39.0 Å². The molecule has 0 aromatic heterocycles. The number of hydrogen-bond donors (Lipinski definition) is 3. The fourth-order valence-electron chi connectivity index (χ4n) is 3.42. The molecular formula is C20H19O6-. The van der Waals surface area contributed by atoms with Gasteiger partial charge in [-0.2, -0.15) is 0 Å². The topological polar surface area (TPSA) is 118 Å². The van der Waals surface area contributed by atoms with Gasteiger partial charge in [-0.1, -0.05) is 25.5 Å². The molecule has 0 unspecified atom stereocenters. The minimum Gasteiger partial charge on any atom is -0.871 e. The van der Waals surface area contributed by atoms with Crippen molar-refractivity contribution in [2.75, 3.05) is 0 Å². The summed E-state index contributed by atoms with van der Waals surface area (Å²) >= 11 is 0. The highest BCUT2D eigenvalue weighted by molar-refractivity contribution is 6.17. The predicted molar refractivity (Wildman–Crippen MR) is 92.0 cm³/mol. The van der Waals surface area contributed by atoms with Crippen LogP contribution in [0.15, 0.2) is 18.2 Å². The van der Waals surface area contributed by atoms with E-state index in [1.165, 1.54) is 12.1 Å². The van der Waals surface area contributed by atoms with Crippen LogP contribution < -0.4 is 5.11 Å². The van der Waals surface area contributed by atoms with E-state index in [-0.39, 0.29) is 40.8 Å². The molecule has 1 aliphatic carbocycles. The van der Waals surface area contributed by atoms with Gasteiger partial charge in [0.1, 0.15) is 17.2 Å². The number of Topliss-reactive ketones (excluding diaryl/α,β-unsaturated/α-hetero) is 1. The number of carbonyl (C=O) groups excluding carboxylic acids is 2. The Morgan fingerprint density at radius 3 is 2.42 bits per heavy atom. The maximum Gasteiger partial charge on any atom is 0.196 e. The van der Waals surface area contributed by atoms with Crippen LogP contribution in [0.3, 0.4) is 0 Å². The third-order valence-electron chi connectivity index (χ3n) is 4.65. The first-order valence-corrected chi connectivity index (χ1v) is 8.53. The molecule has 3 rings (SSSR count). The molecule has 0 saturated carbocycles. The lowest BCUT2D eigenvalue weighted by molar-refractivity contribution is -0.269. The molecule has 0 saturated heterocycles. The fourth-order valence-corrected chi connectivity index (χ4v) is 3.42.